The first-order chi connectivity index (χ1) is 16.0. The number of carbonyl (C=O) groups is 2. The first-order valence-corrected chi connectivity index (χ1v) is 12.2. The van der Waals surface area contributed by atoms with Gasteiger partial charge in [-0.2, -0.15) is 0 Å². The lowest BCUT2D eigenvalue weighted by Gasteiger charge is -2.35. The van der Waals surface area contributed by atoms with Crippen LogP contribution in [0.4, 0.5) is 5.69 Å². The van der Waals surface area contributed by atoms with Crippen molar-refractivity contribution in [3.05, 3.63) is 81.8 Å². The Balaban J connectivity index is 1.30. The van der Waals surface area contributed by atoms with E-state index in [2.05, 4.69) is 58.6 Å². The Morgan fingerprint density at radius 2 is 1.64 bits per heavy atom. The van der Waals surface area contributed by atoms with Crippen LogP contribution in [0.25, 0.3) is 0 Å². The zero-order valence-electron chi connectivity index (χ0n) is 19.1. The number of pyridine rings is 1. The van der Waals surface area contributed by atoms with E-state index >= 15 is 0 Å². The van der Waals surface area contributed by atoms with Crippen molar-refractivity contribution in [2.24, 2.45) is 11.8 Å². The molecule has 172 valence electrons. The molecule has 2 N–H and O–H groups in total. The van der Waals surface area contributed by atoms with E-state index in [0.717, 1.165) is 37.0 Å². The van der Waals surface area contributed by atoms with Crippen molar-refractivity contribution in [2.45, 2.75) is 33.4 Å². The van der Waals surface area contributed by atoms with Crippen molar-refractivity contribution in [3.63, 3.8) is 0 Å². The molecule has 33 heavy (non-hydrogen) atoms. The number of thiophene rings is 1. The van der Waals surface area contributed by atoms with Crippen molar-refractivity contribution in [1.29, 1.82) is 0 Å². The molecule has 2 unspecified atom stereocenters. The molecule has 1 aliphatic rings. The quantitative estimate of drug-likeness (QED) is 0.529. The molecule has 3 aromatic rings. The Labute approximate surface area is 199 Å². The van der Waals surface area contributed by atoms with Gasteiger partial charge in [0.15, 0.2) is 0 Å². The number of rotatable bonds is 7. The lowest BCUT2D eigenvalue weighted by atomic mass is 9.91. The van der Waals surface area contributed by atoms with Crippen LogP contribution in [0.2, 0.25) is 0 Å². The average molecular weight is 463 g/mol. The number of anilines is 1. The van der Waals surface area contributed by atoms with Gasteiger partial charge in [0.25, 0.3) is 11.8 Å². The number of likely N-dealkylation sites (tertiary alicyclic amines) is 1. The van der Waals surface area contributed by atoms with Gasteiger partial charge in [-0.25, -0.2) is 0 Å². The largest absolute Gasteiger partial charge is 0.347 e. The summed E-state index contributed by atoms with van der Waals surface area (Å²) < 4.78 is 0. The summed E-state index contributed by atoms with van der Waals surface area (Å²) in [6.07, 6.45) is 4.44. The Morgan fingerprint density at radius 3 is 2.33 bits per heavy atom. The van der Waals surface area contributed by atoms with Crippen LogP contribution >= 0.6 is 11.3 Å². The van der Waals surface area contributed by atoms with Crippen molar-refractivity contribution < 1.29 is 9.59 Å². The van der Waals surface area contributed by atoms with E-state index in [4.69, 9.17) is 0 Å². The van der Waals surface area contributed by atoms with Crippen LogP contribution in [-0.2, 0) is 13.1 Å². The van der Waals surface area contributed by atoms with Gasteiger partial charge in [0, 0.05) is 44.1 Å². The molecule has 0 radical (unpaired) electrons. The fourth-order valence-electron chi connectivity index (χ4n) is 4.49. The van der Waals surface area contributed by atoms with Crippen molar-refractivity contribution in [3.8, 4) is 0 Å². The highest BCUT2D eigenvalue weighted by molar-refractivity contribution is 7.12. The van der Waals surface area contributed by atoms with Gasteiger partial charge in [0.1, 0.15) is 4.88 Å². The minimum atomic E-state index is -0.266. The summed E-state index contributed by atoms with van der Waals surface area (Å²) in [5, 5.41) is 7.58. The summed E-state index contributed by atoms with van der Waals surface area (Å²) in [6, 6.07) is 13.5. The normalized spacial score (nSPS) is 18.6. The van der Waals surface area contributed by atoms with E-state index in [0.29, 0.717) is 22.7 Å². The summed E-state index contributed by atoms with van der Waals surface area (Å²) in [4.78, 5) is 32.1. The van der Waals surface area contributed by atoms with Gasteiger partial charge in [0.05, 0.1) is 5.69 Å². The Hall–Kier alpha value is -3.03. The molecule has 1 aromatic carbocycles. The maximum absolute atomic E-state index is 12.7. The van der Waals surface area contributed by atoms with Gasteiger partial charge in [-0.05, 0) is 53.0 Å². The van der Waals surface area contributed by atoms with E-state index < -0.39 is 0 Å². The van der Waals surface area contributed by atoms with Gasteiger partial charge < -0.3 is 10.6 Å². The summed E-state index contributed by atoms with van der Waals surface area (Å²) in [7, 11) is 0. The molecule has 7 heteroatoms. The predicted molar refractivity (Wildman–Crippen MR) is 132 cm³/mol. The molecule has 6 nitrogen and oxygen atoms in total. The predicted octanol–water partition coefficient (Wildman–Crippen LogP) is 4.80. The molecule has 0 saturated carbocycles. The lowest BCUT2D eigenvalue weighted by Crippen LogP contribution is -2.38. The lowest BCUT2D eigenvalue weighted by molar-refractivity contribution is 0.0955. The third-order valence-corrected chi connectivity index (χ3v) is 6.80. The van der Waals surface area contributed by atoms with Gasteiger partial charge >= 0.3 is 0 Å². The number of benzene rings is 1. The first kappa shape index (κ1) is 23.1. The van der Waals surface area contributed by atoms with Crippen LogP contribution in [-0.4, -0.2) is 34.8 Å². The van der Waals surface area contributed by atoms with E-state index in [9.17, 15) is 9.59 Å². The summed E-state index contributed by atoms with van der Waals surface area (Å²) in [5.41, 5.74) is 3.35. The zero-order valence-corrected chi connectivity index (χ0v) is 19.9. The third-order valence-electron chi connectivity index (χ3n) is 5.89. The molecule has 0 spiro atoms. The molecule has 2 atom stereocenters. The smallest absolute Gasteiger partial charge is 0.263 e. The van der Waals surface area contributed by atoms with E-state index in [1.807, 2.05) is 0 Å². The molecule has 4 rings (SSSR count). The Kier molecular flexibility index (Phi) is 7.52. The van der Waals surface area contributed by atoms with Gasteiger partial charge in [0.2, 0.25) is 0 Å². The van der Waals surface area contributed by atoms with Crippen LogP contribution in [0, 0.1) is 11.8 Å². The Morgan fingerprint density at radius 1 is 0.970 bits per heavy atom. The molecule has 0 aliphatic carbocycles. The molecular weight excluding hydrogens is 432 g/mol. The van der Waals surface area contributed by atoms with E-state index in [1.165, 1.54) is 23.3 Å². The minimum Gasteiger partial charge on any atom is -0.347 e. The van der Waals surface area contributed by atoms with Crippen molar-refractivity contribution >= 4 is 28.8 Å². The molecular formula is C26H30N4O2S. The second-order valence-corrected chi connectivity index (χ2v) is 9.91. The average Bonchev–Trinajstić information content (AvgIpc) is 3.26. The second kappa shape index (κ2) is 10.7. The molecule has 3 heterocycles. The van der Waals surface area contributed by atoms with Gasteiger partial charge in [-0.3, -0.25) is 19.5 Å². The van der Waals surface area contributed by atoms with Crippen LogP contribution in [0.15, 0.2) is 60.2 Å². The highest BCUT2D eigenvalue weighted by atomic mass is 32.1. The SMILES string of the molecule is CC1CC(C)CN(Cc2ccc(CNC(=O)c3sccc3NC(=O)c3ccncc3)cc2)C1. The first-order valence-electron chi connectivity index (χ1n) is 11.3. The van der Waals surface area contributed by atoms with Crippen LogP contribution in [0.5, 0.6) is 0 Å². The number of aromatic nitrogens is 1. The van der Waals surface area contributed by atoms with Crippen LogP contribution in [0.1, 0.15) is 51.4 Å². The van der Waals surface area contributed by atoms with E-state index in [1.54, 1.807) is 36.0 Å². The molecule has 2 aromatic heterocycles. The molecule has 2 amide bonds. The number of nitrogens with one attached hydrogen (secondary N) is 2. The van der Waals surface area contributed by atoms with Gasteiger partial charge in [-0.1, -0.05) is 38.1 Å². The highest BCUT2D eigenvalue weighted by Gasteiger charge is 2.21. The fraction of sp³-hybridized carbons (Fsp3) is 0.346. The van der Waals surface area contributed by atoms with Crippen LogP contribution in [0.3, 0.4) is 0 Å². The molecule has 0 bridgehead atoms. The number of amides is 2. The van der Waals surface area contributed by atoms with E-state index in [-0.39, 0.29) is 11.8 Å². The zero-order chi connectivity index (χ0) is 23.2. The minimum absolute atomic E-state index is 0.199. The third kappa shape index (κ3) is 6.27. The Bertz CT molecular complexity index is 1070. The number of hydrogen-bond acceptors (Lipinski definition) is 5. The highest BCUT2D eigenvalue weighted by Crippen LogP contribution is 2.24. The topological polar surface area (TPSA) is 74.3 Å². The fourth-order valence-corrected chi connectivity index (χ4v) is 5.25. The summed E-state index contributed by atoms with van der Waals surface area (Å²) in [6.45, 7) is 8.38. The molecule has 1 fully saturated rings. The molecule has 1 saturated heterocycles. The monoisotopic (exact) mass is 462 g/mol. The van der Waals surface area contributed by atoms with Crippen molar-refractivity contribution in [1.82, 2.24) is 15.2 Å². The standard InChI is InChI=1S/C26H30N4O2S/c1-18-13-19(2)16-30(15-18)17-21-5-3-20(4-6-21)14-28-26(32)24-23(9-12-33-24)29-25(31)22-7-10-27-11-8-22/h3-12,18-19H,13-17H2,1-2H3,(H,28,32)(H,29,31). The molecule has 1 aliphatic heterocycles. The second-order valence-electron chi connectivity index (χ2n) is 8.99. The number of carbonyl (C=O) groups excluding carboxylic acids is 2. The maximum Gasteiger partial charge on any atom is 0.263 e. The van der Waals surface area contributed by atoms with Gasteiger partial charge in [-0.15, -0.1) is 11.3 Å². The summed E-state index contributed by atoms with van der Waals surface area (Å²) >= 11 is 1.31. The number of nitrogens with zero attached hydrogens (tertiary/aromatic N) is 2. The number of hydrogen-bond donors (Lipinski definition) is 2. The number of piperidine rings is 1. The van der Waals surface area contributed by atoms with Crippen molar-refractivity contribution in [2.75, 3.05) is 18.4 Å². The maximum atomic E-state index is 12.7. The summed E-state index contributed by atoms with van der Waals surface area (Å²) in [5.74, 6) is 1.04. The van der Waals surface area contributed by atoms with Crippen LogP contribution < -0.4 is 10.6 Å².